The van der Waals surface area contributed by atoms with Crippen LogP contribution in [-0.4, -0.2) is 37.8 Å². The van der Waals surface area contributed by atoms with Crippen LogP contribution in [0.25, 0.3) is 0 Å². The predicted octanol–water partition coefficient (Wildman–Crippen LogP) is 3.14. The van der Waals surface area contributed by atoms with Crippen molar-refractivity contribution in [3.8, 4) is 0 Å². The van der Waals surface area contributed by atoms with Crippen LogP contribution in [0.2, 0.25) is 0 Å². The average molecular weight is 309 g/mol. The molecule has 0 radical (unpaired) electrons. The maximum atomic E-state index is 5.54. The first-order valence-electron chi connectivity index (χ1n) is 8.32. The largest absolute Gasteiger partial charge is 0.380 e. The molecule has 2 aliphatic rings. The van der Waals surface area contributed by atoms with Crippen LogP contribution in [-0.2, 0) is 11.2 Å². The van der Waals surface area contributed by atoms with E-state index < -0.39 is 0 Å². The molecule has 0 amide bonds. The van der Waals surface area contributed by atoms with E-state index in [-0.39, 0.29) is 0 Å². The molecule has 0 saturated carbocycles. The number of aryl methyl sites for hydroxylation is 1. The second kappa shape index (κ2) is 7.07. The second-order valence-electron chi connectivity index (χ2n) is 6.15. The van der Waals surface area contributed by atoms with Gasteiger partial charge in [0.25, 0.3) is 0 Å². The van der Waals surface area contributed by atoms with E-state index in [0.717, 1.165) is 26.1 Å². The number of fused-ring (bicyclic) bond motifs is 1. The van der Waals surface area contributed by atoms with Crippen LogP contribution in [0.3, 0.4) is 0 Å². The SMILES string of the molecule is CCCNC1CCCc2nc(N3CCCC(OC)C3)sc21. The molecule has 0 bridgehead atoms. The summed E-state index contributed by atoms with van der Waals surface area (Å²) >= 11 is 1.91. The van der Waals surface area contributed by atoms with Crippen molar-refractivity contribution in [1.29, 1.82) is 0 Å². The molecule has 1 aromatic heterocycles. The molecular formula is C16H27N3OS. The molecule has 1 N–H and O–H groups in total. The third kappa shape index (κ3) is 3.41. The zero-order chi connectivity index (χ0) is 14.7. The van der Waals surface area contributed by atoms with Crippen LogP contribution in [0.4, 0.5) is 5.13 Å². The Labute approximate surface area is 131 Å². The molecule has 21 heavy (non-hydrogen) atoms. The summed E-state index contributed by atoms with van der Waals surface area (Å²) in [6, 6.07) is 0.531. The molecule has 4 nitrogen and oxygen atoms in total. The highest BCUT2D eigenvalue weighted by Crippen LogP contribution is 2.38. The number of piperidine rings is 1. The van der Waals surface area contributed by atoms with Gasteiger partial charge >= 0.3 is 0 Å². The molecule has 1 fully saturated rings. The summed E-state index contributed by atoms with van der Waals surface area (Å²) in [6.45, 7) is 5.45. The van der Waals surface area contributed by atoms with E-state index in [9.17, 15) is 0 Å². The lowest BCUT2D eigenvalue weighted by atomic mass is 9.98. The molecular weight excluding hydrogens is 282 g/mol. The summed E-state index contributed by atoms with van der Waals surface area (Å²) < 4.78 is 5.54. The fourth-order valence-corrected chi connectivity index (χ4v) is 4.62. The van der Waals surface area contributed by atoms with Crippen molar-refractivity contribution in [2.24, 2.45) is 0 Å². The van der Waals surface area contributed by atoms with Gasteiger partial charge in [-0.2, -0.15) is 0 Å². The van der Waals surface area contributed by atoms with Gasteiger partial charge in [0.2, 0.25) is 0 Å². The molecule has 2 heterocycles. The molecule has 2 unspecified atom stereocenters. The van der Waals surface area contributed by atoms with E-state index in [4.69, 9.17) is 9.72 Å². The van der Waals surface area contributed by atoms with E-state index >= 15 is 0 Å². The number of rotatable bonds is 5. The van der Waals surface area contributed by atoms with Crippen molar-refractivity contribution in [3.63, 3.8) is 0 Å². The molecule has 0 spiro atoms. The quantitative estimate of drug-likeness (QED) is 0.907. The number of hydrogen-bond acceptors (Lipinski definition) is 5. The van der Waals surface area contributed by atoms with Gasteiger partial charge < -0.3 is 15.0 Å². The summed E-state index contributed by atoms with van der Waals surface area (Å²) in [5, 5.41) is 4.91. The molecule has 1 saturated heterocycles. The predicted molar refractivity (Wildman–Crippen MR) is 88.3 cm³/mol. The third-order valence-electron chi connectivity index (χ3n) is 4.56. The number of anilines is 1. The Morgan fingerprint density at radius 3 is 3.10 bits per heavy atom. The molecule has 5 heteroatoms. The minimum absolute atomic E-state index is 0.369. The minimum Gasteiger partial charge on any atom is -0.380 e. The standard InChI is InChI=1S/C16H27N3OS/c1-3-9-17-13-7-4-8-14-15(13)21-16(18-14)19-10-5-6-12(11-19)20-2/h12-13,17H,3-11H2,1-2H3. The van der Waals surface area contributed by atoms with Gasteiger partial charge in [-0.15, -0.1) is 0 Å². The van der Waals surface area contributed by atoms with E-state index in [2.05, 4.69) is 17.1 Å². The Morgan fingerprint density at radius 2 is 2.29 bits per heavy atom. The van der Waals surface area contributed by atoms with Crippen molar-refractivity contribution in [1.82, 2.24) is 10.3 Å². The van der Waals surface area contributed by atoms with Crippen molar-refractivity contribution in [2.45, 2.75) is 57.6 Å². The van der Waals surface area contributed by atoms with Crippen LogP contribution in [0.1, 0.15) is 55.6 Å². The van der Waals surface area contributed by atoms with Crippen molar-refractivity contribution in [3.05, 3.63) is 10.6 Å². The monoisotopic (exact) mass is 309 g/mol. The molecule has 1 aromatic rings. The number of thiazole rings is 1. The fraction of sp³-hybridized carbons (Fsp3) is 0.812. The topological polar surface area (TPSA) is 37.4 Å². The number of ether oxygens (including phenoxy) is 1. The maximum Gasteiger partial charge on any atom is 0.185 e. The average Bonchev–Trinajstić information content (AvgIpc) is 2.97. The van der Waals surface area contributed by atoms with Gasteiger partial charge in [-0.1, -0.05) is 18.3 Å². The summed E-state index contributed by atoms with van der Waals surface area (Å²) in [6.07, 6.45) is 7.62. The Balaban J connectivity index is 1.74. The Bertz CT molecular complexity index is 462. The maximum absolute atomic E-state index is 5.54. The first kappa shape index (κ1) is 15.3. The Hall–Kier alpha value is -0.650. The Kier molecular flexibility index (Phi) is 5.14. The van der Waals surface area contributed by atoms with Gasteiger partial charge in [-0.3, -0.25) is 0 Å². The first-order chi connectivity index (χ1) is 10.3. The number of methoxy groups -OCH3 is 1. The highest BCUT2D eigenvalue weighted by Gasteiger charge is 2.27. The van der Waals surface area contributed by atoms with Gasteiger partial charge in [-0.25, -0.2) is 4.98 Å². The van der Waals surface area contributed by atoms with E-state index in [1.54, 1.807) is 0 Å². The van der Waals surface area contributed by atoms with Crippen LogP contribution >= 0.6 is 11.3 Å². The normalized spacial score (nSPS) is 25.9. The van der Waals surface area contributed by atoms with E-state index in [1.807, 2.05) is 18.4 Å². The number of hydrogen-bond donors (Lipinski definition) is 1. The molecule has 1 aliphatic carbocycles. The number of nitrogens with one attached hydrogen (secondary N) is 1. The smallest absolute Gasteiger partial charge is 0.185 e. The summed E-state index contributed by atoms with van der Waals surface area (Å²) in [4.78, 5) is 8.87. The molecule has 0 aromatic carbocycles. The third-order valence-corrected chi connectivity index (χ3v) is 5.83. The fourth-order valence-electron chi connectivity index (χ4n) is 3.36. The van der Waals surface area contributed by atoms with Crippen LogP contribution in [0.15, 0.2) is 0 Å². The van der Waals surface area contributed by atoms with E-state index in [0.29, 0.717) is 12.1 Å². The highest BCUT2D eigenvalue weighted by atomic mass is 32.1. The summed E-state index contributed by atoms with van der Waals surface area (Å²) in [5.74, 6) is 0. The van der Waals surface area contributed by atoms with Gasteiger partial charge in [0.1, 0.15) is 0 Å². The van der Waals surface area contributed by atoms with Gasteiger partial charge in [0, 0.05) is 31.1 Å². The van der Waals surface area contributed by atoms with Crippen LogP contribution in [0, 0.1) is 0 Å². The molecule has 118 valence electrons. The van der Waals surface area contributed by atoms with Gasteiger partial charge in [0.05, 0.1) is 11.8 Å². The lowest BCUT2D eigenvalue weighted by Gasteiger charge is -2.31. The first-order valence-corrected chi connectivity index (χ1v) is 9.14. The van der Waals surface area contributed by atoms with E-state index in [1.165, 1.54) is 47.8 Å². The lowest BCUT2D eigenvalue weighted by Crippen LogP contribution is -2.39. The Morgan fingerprint density at radius 1 is 1.38 bits per heavy atom. The lowest BCUT2D eigenvalue weighted by molar-refractivity contribution is 0.0893. The van der Waals surface area contributed by atoms with Crippen molar-refractivity contribution in [2.75, 3.05) is 31.6 Å². The summed E-state index contributed by atoms with van der Waals surface area (Å²) in [5.41, 5.74) is 1.34. The molecule has 2 atom stereocenters. The van der Waals surface area contributed by atoms with Crippen LogP contribution < -0.4 is 10.2 Å². The van der Waals surface area contributed by atoms with Crippen molar-refractivity contribution < 1.29 is 4.74 Å². The zero-order valence-corrected chi connectivity index (χ0v) is 14.0. The van der Waals surface area contributed by atoms with Crippen molar-refractivity contribution >= 4 is 16.5 Å². The summed E-state index contributed by atoms with van der Waals surface area (Å²) in [7, 11) is 1.83. The number of nitrogens with zero attached hydrogens (tertiary/aromatic N) is 2. The van der Waals surface area contributed by atoms with Gasteiger partial charge in [-0.05, 0) is 45.1 Å². The minimum atomic E-state index is 0.369. The highest BCUT2D eigenvalue weighted by molar-refractivity contribution is 7.15. The molecule has 1 aliphatic heterocycles. The zero-order valence-electron chi connectivity index (χ0n) is 13.2. The second-order valence-corrected chi connectivity index (χ2v) is 7.16. The van der Waals surface area contributed by atoms with Gasteiger partial charge in [0.15, 0.2) is 5.13 Å². The molecule has 3 rings (SSSR count). The number of aromatic nitrogens is 1. The van der Waals surface area contributed by atoms with Crippen LogP contribution in [0.5, 0.6) is 0 Å².